The molecule has 11 nitrogen and oxygen atoms in total. The van der Waals surface area contributed by atoms with Crippen LogP contribution in [0.15, 0.2) is 35.3 Å². The number of rotatable bonds is 5. The first-order valence-corrected chi connectivity index (χ1v) is 9.60. The Kier molecular flexibility index (Phi) is 5.14. The molecule has 1 atom stereocenters. The van der Waals surface area contributed by atoms with Crippen LogP contribution in [-0.2, 0) is 0 Å². The van der Waals surface area contributed by atoms with E-state index < -0.39 is 6.04 Å². The molecule has 156 valence electrons. The van der Waals surface area contributed by atoms with Crippen LogP contribution >= 0.6 is 11.6 Å². The van der Waals surface area contributed by atoms with E-state index in [0.717, 1.165) is 0 Å². The molecule has 0 radical (unpaired) electrons. The van der Waals surface area contributed by atoms with Gasteiger partial charge < -0.3 is 16.8 Å². The minimum atomic E-state index is -0.534. The summed E-state index contributed by atoms with van der Waals surface area (Å²) in [6.07, 6.45) is 2.02. The largest absolute Gasteiger partial charge is 0.392 e. The number of aromatic amines is 1. The molecule has 0 spiro atoms. The second kappa shape index (κ2) is 7.92. The molecule has 31 heavy (non-hydrogen) atoms. The Balaban J connectivity index is 1.95. The minimum Gasteiger partial charge on any atom is -0.392 e. The van der Waals surface area contributed by atoms with Crippen molar-refractivity contribution in [1.82, 2.24) is 29.7 Å². The smallest absolute Gasteiger partial charge is 0.268 e. The number of benzene rings is 1. The Hall–Kier alpha value is -4.17. The Morgan fingerprint density at radius 3 is 2.77 bits per heavy atom. The normalized spacial score (nSPS) is 11.9. The van der Waals surface area contributed by atoms with Crippen molar-refractivity contribution in [3.05, 3.63) is 63.1 Å². The van der Waals surface area contributed by atoms with E-state index in [1.807, 2.05) is 6.92 Å². The molecular formula is C19H17ClN10O. The van der Waals surface area contributed by atoms with Crippen LogP contribution in [0.2, 0.25) is 5.02 Å². The first-order chi connectivity index (χ1) is 14.9. The first kappa shape index (κ1) is 20.1. The molecular weight excluding hydrogens is 420 g/mol. The molecule has 3 heterocycles. The lowest BCUT2D eigenvalue weighted by atomic mass is 10.1. The number of nitrogens with one attached hydrogen (secondary N) is 2. The fourth-order valence-corrected chi connectivity index (χ4v) is 3.51. The van der Waals surface area contributed by atoms with E-state index in [4.69, 9.17) is 34.6 Å². The molecule has 0 saturated heterocycles. The highest BCUT2D eigenvalue weighted by Gasteiger charge is 2.24. The number of H-pyrrole nitrogens is 1. The molecule has 0 fully saturated rings. The van der Waals surface area contributed by atoms with E-state index >= 15 is 0 Å². The third-order valence-corrected chi connectivity index (χ3v) is 4.99. The number of halogens is 1. The molecule has 6 N–H and O–H groups in total. The van der Waals surface area contributed by atoms with Crippen LogP contribution in [0, 0.1) is 6.57 Å². The van der Waals surface area contributed by atoms with Crippen molar-refractivity contribution >= 4 is 45.8 Å². The lowest BCUT2D eigenvalue weighted by Crippen LogP contribution is -2.28. The SMILES string of the molecule is [C-]#[N+]c1c(N)nc(N)nc1N[C@@H](CC)c1nc2cccc(Cl)c2c(=O)n1-c1ccn[nH]1. The molecule has 0 unspecified atom stereocenters. The van der Waals surface area contributed by atoms with Crippen LogP contribution in [0.4, 0.5) is 23.3 Å². The lowest BCUT2D eigenvalue weighted by molar-refractivity contribution is 0.653. The maximum Gasteiger partial charge on any atom is 0.268 e. The number of nitrogens with zero attached hydrogens (tertiary/aromatic N) is 6. The summed E-state index contributed by atoms with van der Waals surface area (Å²) >= 11 is 6.29. The highest BCUT2D eigenvalue weighted by atomic mass is 35.5. The van der Waals surface area contributed by atoms with Crippen LogP contribution in [0.3, 0.4) is 0 Å². The van der Waals surface area contributed by atoms with Crippen LogP contribution < -0.4 is 22.3 Å². The van der Waals surface area contributed by atoms with Gasteiger partial charge in [-0.1, -0.05) is 24.6 Å². The summed E-state index contributed by atoms with van der Waals surface area (Å²) in [6, 6.07) is 6.18. The van der Waals surface area contributed by atoms with E-state index in [2.05, 4.69) is 30.3 Å². The highest BCUT2D eigenvalue weighted by Crippen LogP contribution is 2.33. The molecule has 0 bridgehead atoms. The number of anilines is 3. The summed E-state index contributed by atoms with van der Waals surface area (Å²) in [6.45, 7) is 9.31. The molecule has 0 amide bonds. The Morgan fingerprint density at radius 1 is 1.29 bits per heavy atom. The summed E-state index contributed by atoms with van der Waals surface area (Å²) in [5.74, 6) is 0.832. The van der Waals surface area contributed by atoms with Gasteiger partial charge in [-0.25, -0.2) is 24.4 Å². The average Bonchev–Trinajstić information content (AvgIpc) is 3.25. The quantitative estimate of drug-likeness (QED) is 0.347. The Labute approximate surface area is 180 Å². The van der Waals surface area contributed by atoms with Crippen LogP contribution in [0.25, 0.3) is 21.6 Å². The van der Waals surface area contributed by atoms with Gasteiger partial charge in [0.25, 0.3) is 11.2 Å². The van der Waals surface area contributed by atoms with Crippen LogP contribution in [0.1, 0.15) is 25.2 Å². The Bertz CT molecular complexity index is 1370. The molecule has 3 aromatic heterocycles. The second-order valence-electron chi connectivity index (χ2n) is 6.57. The molecule has 0 aliphatic rings. The minimum absolute atomic E-state index is 0.0342. The predicted octanol–water partition coefficient (Wildman–Crippen LogP) is 2.83. The number of fused-ring (bicyclic) bond motifs is 1. The van der Waals surface area contributed by atoms with Crippen molar-refractivity contribution in [2.24, 2.45) is 0 Å². The first-order valence-electron chi connectivity index (χ1n) is 9.22. The van der Waals surface area contributed by atoms with E-state index in [0.29, 0.717) is 28.6 Å². The fourth-order valence-electron chi connectivity index (χ4n) is 3.26. The van der Waals surface area contributed by atoms with Gasteiger partial charge in [-0.2, -0.15) is 5.10 Å². The van der Waals surface area contributed by atoms with Crippen molar-refractivity contribution < 1.29 is 0 Å². The molecule has 1 aromatic carbocycles. The van der Waals surface area contributed by atoms with Gasteiger partial charge in [0.15, 0.2) is 0 Å². The van der Waals surface area contributed by atoms with Crippen molar-refractivity contribution in [2.45, 2.75) is 19.4 Å². The zero-order valence-corrected chi connectivity index (χ0v) is 17.1. The van der Waals surface area contributed by atoms with E-state index in [1.165, 1.54) is 10.8 Å². The molecule has 0 saturated carbocycles. The summed E-state index contributed by atoms with van der Waals surface area (Å²) in [4.78, 5) is 29.5. The molecule has 4 aromatic rings. The number of nitrogen functional groups attached to an aromatic ring is 2. The van der Waals surface area contributed by atoms with E-state index in [1.54, 1.807) is 24.3 Å². The zero-order chi connectivity index (χ0) is 22.1. The second-order valence-corrected chi connectivity index (χ2v) is 6.97. The van der Waals surface area contributed by atoms with E-state index in [9.17, 15) is 4.79 Å². The fraction of sp³-hybridized carbons (Fsp3) is 0.158. The Morgan fingerprint density at radius 2 is 2.10 bits per heavy atom. The van der Waals surface area contributed by atoms with Crippen molar-refractivity contribution in [2.75, 3.05) is 16.8 Å². The number of nitrogens with two attached hydrogens (primary N) is 2. The third-order valence-electron chi connectivity index (χ3n) is 4.67. The summed E-state index contributed by atoms with van der Waals surface area (Å²) < 4.78 is 1.40. The van der Waals surface area contributed by atoms with Crippen molar-refractivity contribution in [1.29, 1.82) is 0 Å². The van der Waals surface area contributed by atoms with Crippen LogP contribution in [-0.4, -0.2) is 29.7 Å². The highest BCUT2D eigenvalue weighted by molar-refractivity contribution is 6.35. The lowest BCUT2D eigenvalue weighted by Gasteiger charge is -2.22. The van der Waals surface area contributed by atoms with Gasteiger partial charge in [0.2, 0.25) is 5.95 Å². The summed E-state index contributed by atoms with van der Waals surface area (Å²) in [5.41, 5.74) is 11.7. The van der Waals surface area contributed by atoms with Gasteiger partial charge in [-0.3, -0.25) is 9.89 Å². The zero-order valence-electron chi connectivity index (χ0n) is 16.3. The standard InChI is InChI=1S/C19H17ClN10O/c1-3-10(25-16-14(23-2)15(21)27-19(22)28-16)17-26-11-6-4-5-9(20)13(11)18(31)30(17)12-7-8-24-29-12/h4-8,10H,3H2,1H3,(H,24,29)(H5,21,22,25,27,28)/t10-/m0/s1. The van der Waals surface area contributed by atoms with E-state index in [-0.39, 0.29) is 34.2 Å². The number of hydrogen-bond donors (Lipinski definition) is 4. The molecule has 4 rings (SSSR count). The van der Waals surface area contributed by atoms with Crippen LogP contribution in [0.5, 0.6) is 0 Å². The van der Waals surface area contributed by atoms with Gasteiger partial charge in [0.1, 0.15) is 23.3 Å². The number of aromatic nitrogens is 6. The van der Waals surface area contributed by atoms with Gasteiger partial charge in [-0.05, 0) is 18.6 Å². The van der Waals surface area contributed by atoms with Gasteiger partial charge in [0.05, 0.1) is 34.7 Å². The third kappa shape index (κ3) is 3.49. The van der Waals surface area contributed by atoms with Crippen molar-refractivity contribution in [3.8, 4) is 5.82 Å². The maximum atomic E-state index is 13.4. The monoisotopic (exact) mass is 436 g/mol. The van der Waals surface area contributed by atoms with Gasteiger partial charge >= 0.3 is 0 Å². The predicted molar refractivity (Wildman–Crippen MR) is 118 cm³/mol. The van der Waals surface area contributed by atoms with Gasteiger partial charge in [0, 0.05) is 6.07 Å². The molecule has 0 aliphatic carbocycles. The number of hydrogen-bond acceptors (Lipinski definition) is 8. The molecule has 12 heteroatoms. The topological polar surface area (TPSA) is 158 Å². The average molecular weight is 437 g/mol. The summed E-state index contributed by atoms with van der Waals surface area (Å²) in [5, 5.41) is 10.5. The summed E-state index contributed by atoms with van der Waals surface area (Å²) in [7, 11) is 0. The maximum absolute atomic E-state index is 13.4. The van der Waals surface area contributed by atoms with Crippen molar-refractivity contribution in [3.63, 3.8) is 0 Å². The molecule has 0 aliphatic heterocycles. The van der Waals surface area contributed by atoms with Gasteiger partial charge in [-0.15, -0.1) is 0 Å².